The van der Waals surface area contributed by atoms with Crippen LogP contribution in [0.1, 0.15) is 42.8 Å². The molecule has 0 saturated heterocycles. The van der Waals surface area contributed by atoms with Crippen molar-refractivity contribution in [1.82, 2.24) is 9.97 Å². The van der Waals surface area contributed by atoms with Crippen LogP contribution in [0.5, 0.6) is 0 Å². The Bertz CT molecular complexity index is 4160. The fraction of sp³-hybridized carbons (Fsp3) is 0.0833. The lowest BCUT2D eigenvalue weighted by Gasteiger charge is -2.31. The molecular formula is C72H54N4S2. The number of benzene rings is 10. The van der Waals surface area contributed by atoms with Crippen molar-refractivity contribution in [3.63, 3.8) is 0 Å². The normalized spacial score (nSPS) is 15.2. The van der Waals surface area contributed by atoms with Crippen molar-refractivity contribution in [2.75, 3.05) is 9.80 Å². The summed E-state index contributed by atoms with van der Waals surface area (Å²) in [7, 11) is 0. The van der Waals surface area contributed by atoms with Gasteiger partial charge in [-0.15, -0.1) is 22.7 Å². The van der Waals surface area contributed by atoms with Crippen LogP contribution in [0.15, 0.2) is 267 Å². The van der Waals surface area contributed by atoms with Gasteiger partial charge in [0.15, 0.2) is 0 Å². The molecule has 12 aromatic rings. The van der Waals surface area contributed by atoms with Crippen molar-refractivity contribution in [2.24, 2.45) is 5.92 Å². The van der Waals surface area contributed by atoms with E-state index in [0.717, 1.165) is 60.7 Å². The summed E-state index contributed by atoms with van der Waals surface area (Å²) in [5.74, 6) is 0.464. The number of fused-ring (bicyclic) bond motifs is 5. The summed E-state index contributed by atoms with van der Waals surface area (Å²) in [6.45, 7) is 7.09. The number of thiazole rings is 2. The smallest absolute Gasteiger partial charge is 0.124 e. The second kappa shape index (κ2) is 19.6. The zero-order valence-electron chi connectivity index (χ0n) is 43.6. The Balaban J connectivity index is 0.779. The third kappa shape index (κ3) is 8.64. The molecule has 78 heavy (non-hydrogen) atoms. The van der Waals surface area contributed by atoms with Crippen LogP contribution in [0, 0.1) is 5.92 Å². The molecule has 0 amide bonds. The first-order chi connectivity index (χ1) is 38.3. The van der Waals surface area contributed by atoms with Gasteiger partial charge in [0.2, 0.25) is 0 Å². The zero-order valence-corrected chi connectivity index (χ0v) is 45.2. The molecule has 4 nitrogen and oxygen atoms in total. The van der Waals surface area contributed by atoms with E-state index >= 15 is 0 Å². The number of anilines is 5. The molecule has 2 aliphatic rings. The van der Waals surface area contributed by atoms with E-state index in [1.807, 2.05) is 0 Å². The van der Waals surface area contributed by atoms with Crippen molar-refractivity contribution >= 4 is 71.5 Å². The van der Waals surface area contributed by atoms with Crippen LogP contribution >= 0.6 is 22.7 Å². The summed E-state index contributed by atoms with van der Waals surface area (Å²) in [4.78, 5) is 14.8. The summed E-state index contributed by atoms with van der Waals surface area (Å²) < 4.78 is 2.43. The van der Waals surface area contributed by atoms with E-state index in [0.29, 0.717) is 0 Å². The van der Waals surface area contributed by atoms with E-state index in [1.54, 1.807) is 22.7 Å². The molecule has 0 spiro atoms. The monoisotopic (exact) mass is 1040 g/mol. The number of nitrogens with zero attached hydrogens (tertiary/aromatic N) is 4. The number of rotatable bonds is 11. The first kappa shape index (κ1) is 47.5. The van der Waals surface area contributed by atoms with Crippen LogP contribution < -0.4 is 9.80 Å². The lowest BCUT2D eigenvalue weighted by Crippen LogP contribution is -2.20. The van der Waals surface area contributed by atoms with Gasteiger partial charge in [0.05, 0.1) is 20.4 Å². The van der Waals surface area contributed by atoms with Crippen molar-refractivity contribution < 1.29 is 0 Å². The number of para-hydroxylation sites is 2. The van der Waals surface area contributed by atoms with E-state index in [-0.39, 0.29) is 17.3 Å². The van der Waals surface area contributed by atoms with Crippen molar-refractivity contribution in [3.8, 4) is 55.1 Å². The standard InChI is InChI=1S/C72H54N4S2/c1-47-44-59(39-42-61(47)71-74-67-19-11-13-21-69(67)78-71)75(55-31-22-50(23-32-55)48-14-6-4-7-15-48)56-35-26-52(27-36-56)54-30-41-62-63-43-40-60(46-65(63)72(2,3)64(62)45-54)76(57-33-24-51(25-34-57)49-16-8-5-9-17-49)58-37-28-53(29-38-58)70-73-66-18-10-12-20-68(66)77-70/h4-47,61H,1-3H3/t47?,61-/m1/s1. The maximum Gasteiger partial charge on any atom is 0.124 e. The SMILES string of the molecule is CC1C=C(N(c2ccc(-c3ccccc3)cc2)c2ccc(-c3ccc4c(c3)C(C)(C)c3cc(N(c5ccc(-c6ccccc6)cc5)c5ccc(-c6nc7ccccc7s6)cc5)ccc3-4)cc2)C=C[C@H]1c1nc2ccccc2s1. The minimum Gasteiger partial charge on any atom is -0.311 e. The topological polar surface area (TPSA) is 32.3 Å². The maximum atomic E-state index is 5.07. The predicted octanol–water partition coefficient (Wildman–Crippen LogP) is 20.4. The number of hydrogen-bond donors (Lipinski definition) is 0. The summed E-state index contributed by atoms with van der Waals surface area (Å²) in [6, 6.07) is 88.2. The summed E-state index contributed by atoms with van der Waals surface area (Å²) in [5, 5.41) is 2.19. The summed E-state index contributed by atoms with van der Waals surface area (Å²) in [6.07, 6.45) is 7.07. The van der Waals surface area contributed by atoms with Crippen LogP contribution in [0.25, 0.3) is 75.5 Å². The Morgan fingerprint density at radius 3 is 1.38 bits per heavy atom. The van der Waals surface area contributed by atoms with Crippen LogP contribution in [0.3, 0.4) is 0 Å². The van der Waals surface area contributed by atoms with E-state index in [1.165, 1.54) is 65.0 Å². The predicted molar refractivity (Wildman–Crippen MR) is 331 cm³/mol. The first-order valence-electron chi connectivity index (χ1n) is 26.8. The molecule has 6 heteroatoms. The molecule has 2 atom stereocenters. The highest BCUT2D eigenvalue weighted by molar-refractivity contribution is 7.21. The Kier molecular flexibility index (Phi) is 11.9. The largest absolute Gasteiger partial charge is 0.311 e. The minimum absolute atomic E-state index is 0.211. The van der Waals surface area contributed by atoms with Gasteiger partial charge in [-0.2, -0.15) is 0 Å². The molecule has 2 heterocycles. The van der Waals surface area contributed by atoms with Crippen LogP contribution in [-0.2, 0) is 5.41 Å². The van der Waals surface area contributed by atoms with Gasteiger partial charge in [0.1, 0.15) is 10.0 Å². The molecule has 0 aliphatic heterocycles. The Morgan fingerprint density at radius 2 is 0.833 bits per heavy atom. The molecule has 1 unspecified atom stereocenters. The fourth-order valence-electron chi connectivity index (χ4n) is 11.7. The molecule has 2 aromatic heterocycles. The molecule has 0 N–H and O–H groups in total. The molecule has 0 bridgehead atoms. The van der Waals surface area contributed by atoms with E-state index in [9.17, 15) is 0 Å². The third-order valence-electron chi connectivity index (χ3n) is 15.8. The molecule has 10 aromatic carbocycles. The maximum absolute atomic E-state index is 5.07. The van der Waals surface area contributed by atoms with E-state index < -0.39 is 0 Å². The highest BCUT2D eigenvalue weighted by Crippen LogP contribution is 2.52. The van der Waals surface area contributed by atoms with Gasteiger partial charge in [-0.3, -0.25) is 0 Å². The van der Waals surface area contributed by atoms with Crippen LogP contribution in [0.2, 0.25) is 0 Å². The van der Waals surface area contributed by atoms with Crippen LogP contribution in [0.4, 0.5) is 28.4 Å². The van der Waals surface area contributed by atoms with Crippen molar-refractivity contribution in [1.29, 1.82) is 0 Å². The van der Waals surface area contributed by atoms with Crippen LogP contribution in [-0.4, -0.2) is 9.97 Å². The van der Waals surface area contributed by atoms with Gasteiger partial charge in [-0.1, -0.05) is 172 Å². The lowest BCUT2D eigenvalue weighted by molar-refractivity contribution is 0.626. The second-order valence-electron chi connectivity index (χ2n) is 21.0. The van der Waals surface area contributed by atoms with Gasteiger partial charge in [-0.05, 0) is 171 Å². The fourth-order valence-corrected chi connectivity index (χ4v) is 13.8. The zero-order chi connectivity index (χ0) is 52.3. The average molecular weight is 1040 g/mol. The molecule has 2 aliphatic carbocycles. The van der Waals surface area contributed by atoms with Gasteiger partial charge in [0, 0.05) is 51.0 Å². The number of allylic oxidation sites excluding steroid dienone is 3. The molecule has 14 rings (SSSR count). The lowest BCUT2D eigenvalue weighted by atomic mass is 9.81. The van der Waals surface area contributed by atoms with Gasteiger partial charge in [0.25, 0.3) is 0 Å². The van der Waals surface area contributed by atoms with Gasteiger partial charge < -0.3 is 9.80 Å². The quantitative estimate of drug-likeness (QED) is 0.129. The molecule has 0 fully saturated rings. The van der Waals surface area contributed by atoms with E-state index in [4.69, 9.17) is 9.97 Å². The van der Waals surface area contributed by atoms with Gasteiger partial charge in [-0.25, -0.2) is 9.97 Å². The number of hydrogen-bond acceptors (Lipinski definition) is 6. The number of aromatic nitrogens is 2. The first-order valence-corrected chi connectivity index (χ1v) is 28.4. The Hall–Kier alpha value is -8.94. The van der Waals surface area contributed by atoms with Crippen molar-refractivity contribution in [3.05, 3.63) is 283 Å². The highest BCUT2D eigenvalue weighted by Gasteiger charge is 2.36. The minimum atomic E-state index is -0.251. The molecule has 0 saturated carbocycles. The summed E-state index contributed by atoms with van der Waals surface area (Å²) in [5.41, 5.74) is 22.1. The van der Waals surface area contributed by atoms with Crippen molar-refractivity contribution in [2.45, 2.75) is 32.1 Å². The molecule has 374 valence electrons. The van der Waals surface area contributed by atoms with Gasteiger partial charge >= 0.3 is 0 Å². The summed E-state index contributed by atoms with van der Waals surface area (Å²) >= 11 is 3.54. The van der Waals surface area contributed by atoms with E-state index in [2.05, 4.69) is 291 Å². The molecule has 0 radical (unpaired) electrons. The molecular weight excluding hydrogens is 985 g/mol. The Labute approximate surface area is 464 Å². The highest BCUT2D eigenvalue weighted by atomic mass is 32.1. The third-order valence-corrected chi connectivity index (χ3v) is 18.1. The Morgan fingerprint density at radius 1 is 0.397 bits per heavy atom. The average Bonchev–Trinajstić information content (AvgIpc) is 4.27. The second-order valence-corrected chi connectivity index (χ2v) is 23.1.